The van der Waals surface area contributed by atoms with Crippen LogP contribution in [0.25, 0.3) is 0 Å². The van der Waals surface area contributed by atoms with Crippen LogP contribution in [0.3, 0.4) is 0 Å². The van der Waals surface area contributed by atoms with Crippen molar-refractivity contribution in [3.63, 3.8) is 0 Å². The lowest BCUT2D eigenvalue weighted by atomic mass is 9.73. The van der Waals surface area contributed by atoms with E-state index in [1.807, 2.05) is 11.1 Å². The zero-order valence-electron chi connectivity index (χ0n) is 13.7. The molecule has 20 heavy (non-hydrogen) atoms. The number of unbranched alkanes of at least 4 members (excludes halogenated alkanes) is 1. The number of hydrogen-bond donors (Lipinski definition) is 0. The molecule has 2 aliphatic heterocycles. The Hall–Kier alpha value is 0.430. The topological polar surface area (TPSA) is 0 Å². The molecular weight excluding hydrogens is 357 g/mol. The molecule has 0 aromatic carbocycles. The predicted octanol–water partition coefficient (Wildman–Crippen LogP) is 1.68. The summed E-state index contributed by atoms with van der Waals surface area (Å²) >= 11 is 0. The Morgan fingerprint density at radius 1 is 1.20 bits per heavy atom. The zero-order chi connectivity index (χ0) is 13.5. The minimum atomic E-state index is 0. The molecule has 1 nitrogen and oxygen atoms in total. The van der Waals surface area contributed by atoms with Crippen molar-refractivity contribution in [3.05, 3.63) is 11.1 Å². The lowest BCUT2D eigenvalue weighted by molar-refractivity contribution is -0.942. The summed E-state index contributed by atoms with van der Waals surface area (Å²) in [5.41, 5.74) is 4.29. The molecule has 0 spiro atoms. The second-order valence-electron chi connectivity index (χ2n) is 7.83. The standard InChI is InChI=1S/C18H32N.HI/c1-4-5-8-15-13-18(2)17-10-7-6-9-16(17)11-12-19(18,3)14-15;/h15H,4-14H2,1-3H3;1H/q+1;/p-1/t15?,18-,19?;/m1./s1. The average Bonchev–Trinajstić information content (AvgIpc) is 2.69. The van der Waals surface area contributed by atoms with Crippen LogP contribution >= 0.6 is 0 Å². The van der Waals surface area contributed by atoms with E-state index >= 15 is 0 Å². The number of fused-ring (bicyclic) bond motifs is 2. The summed E-state index contributed by atoms with van der Waals surface area (Å²) < 4.78 is 1.36. The average molecular weight is 389 g/mol. The summed E-state index contributed by atoms with van der Waals surface area (Å²) in [6.07, 6.45) is 12.9. The first-order valence-corrected chi connectivity index (χ1v) is 8.65. The highest BCUT2D eigenvalue weighted by Crippen LogP contribution is 2.52. The molecule has 1 fully saturated rings. The molecule has 0 radical (unpaired) electrons. The normalized spacial score (nSPS) is 40.0. The van der Waals surface area contributed by atoms with E-state index in [0.717, 1.165) is 5.92 Å². The van der Waals surface area contributed by atoms with Gasteiger partial charge in [0, 0.05) is 18.8 Å². The number of quaternary nitrogens is 1. The number of rotatable bonds is 3. The molecule has 2 heterocycles. The molecule has 2 unspecified atom stereocenters. The molecule has 0 aromatic rings. The number of hydrogen-bond acceptors (Lipinski definition) is 0. The van der Waals surface area contributed by atoms with Crippen LogP contribution in [0.5, 0.6) is 0 Å². The van der Waals surface area contributed by atoms with E-state index in [1.54, 1.807) is 0 Å². The van der Waals surface area contributed by atoms with Crippen LogP contribution < -0.4 is 24.0 Å². The maximum absolute atomic E-state index is 2.61. The molecular formula is C18H32IN. The van der Waals surface area contributed by atoms with E-state index in [4.69, 9.17) is 0 Å². The van der Waals surface area contributed by atoms with Crippen molar-refractivity contribution in [1.29, 1.82) is 0 Å². The van der Waals surface area contributed by atoms with Crippen molar-refractivity contribution < 1.29 is 28.5 Å². The quantitative estimate of drug-likeness (QED) is 0.392. The molecule has 3 aliphatic rings. The smallest absolute Gasteiger partial charge is 0.118 e. The van der Waals surface area contributed by atoms with Crippen LogP contribution in [-0.2, 0) is 0 Å². The van der Waals surface area contributed by atoms with Crippen LogP contribution in [0.1, 0.15) is 71.6 Å². The maximum Gasteiger partial charge on any atom is 0.118 e. The van der Waals surface area contributed by atoms with Gasteiger partial charge in [-0.25, -0.2) is 0 Å². The largest absolute Gasteiger partial charge is 1.00 e. The molecule has 1 saturated heterocycles. The van der Waals surface area contributed by atoms with Gasteiger partial charge in [-0.1, -0.05) is 25.3 Å². The predicted molar refractivity (Wildman–Crippen MR) is 82.1 cm³/mol. The minimum Gasteiger partial charge on any atom is -1.00 e. The molecule has 116 valence electrons. The monoisotopic (exact) mass is 389 g/mol. The summed E-state index contributed by atoms with van der Waals surface area (Å²) in [6.45, 7) is 7.81. The first-order chi connectivity index (χ1) is 9.09. The minimum absolute atomic E-state index is 0. The van der Waals surface area contributed by atoms with Gasteiger partial charge in [0.05, 0.1) is 20.1 Å². The number of halogens is 1. The third kappa shape index (κ3) is 2.60. The van der Waals surface area contributed by atoms with Crippen LogP contribution in [0, 0.1) is 5.92 Å². The highest BCUT2D eigenvalue weighted by molar-refractivity contribution is 5.29. The molecule has 3 rings (SSSR count). The molecule has 1 aliphatic carbocycles. The summed E-state index contributed by atoms with van der Waals surface area (Å²) in [5.74, 6) is 0.990. The fraction of sp³-hybridized carbons (Fsp3) is 0.889. The van der Waals surface area contributed by atoms with Gasteiger partial charge in [-0.3, -0.25) is 0 Å². The second kappa shape index (κ2) is 6.28. The highest BCUT2D eigenvalue weighted by atomic mass is 127. The summed E-state index contributed by atoms with van der Waals surface area (Å²) in [7, 11) is 2.56. The van der Waals surface area contributed by atoms with E-state index in [2.05, 4.69) is 20.9 Å². The molecule has 0 bridgehead atoms. The van der Waals surface area contributed by atoms with E-state index in [9.17, 15) is 0 Å². The van der Waals surface area contributed by atoms with Gasteiger partial charge in [0.2, 0.25) is 0 Å². The SMILES string of the molecule is CCCCC1C[C@]2(C)C3=C(CCCC3)CC[N+]2(C)C1.[I-]. The van der Waals surface area contributed by atoms with Crippen LogP contribution in [0.15, 0.2) is 11.1 Å². The Bertz CT molecular complexity index is 389. The van der Waals surface area contributed by atoms with Crippen molar-refractivity contribution in [2.45, 2.75) is 77.2 Å². The summed E-state index contributed by atoms with van der Waals surface area (Å²) in [5, 5.41) is 0. The van der Waals surface area contributed by atoms with E-state index in [1.165, 1.54) is 75.4 Å². The number of likely N-dealkylation sites (N-methyl/N-ethyl adjacent to an activating group) is 1. The summed E-state index contributed by atoms with van der Waals surface area (Å²) in [4.78, 5) is 0. The third-order valence-corrected chi connectivity index (χ3v) is 6.64. The maximum atomic E-state index is 2.61. The second-order valence-corrected chi connectivity index (χ2v) is 7.83. The summed E-state index contributed by atoms with van der Waals surface area (Å²) in [6, 6.07) is 0. The van der Waals surface area contributed by atoms with Gasteiger partial charge < -0.3 is 28.5 Å². The lowest BCUT2D eigenvalue weighted by Crippen LogP contribution is -3.00. The molecule has 2 heteroatoms. The first kappa shape index (κ1) is 16.8. The molecule has 0 N–H and O–H groups in total. The van der Waals surface area contributed by atoms with E-state index in [0.29, 0.717) is 5.54 Å². The molecule has 3 atom stereocenters. The molecule has 0 saturated carbocycles. The van der Waals surface area contributed by atoms with Crippen LogP contribution in [-0.4, -0.2) is 30.2 Å². The highest BCUT2D eigenvalue weighted by Gasteiger charge is 2.56. The Labute approximate surface area is 142 Å². The Morgan fingerprint density at radius 2 is 1.95 bits per heavy atom. The van der Waals surface area contributed by atoms with Crippen molar-refractivity contribution in [1.82, 2.24) is 0 Å². The fourth-order valence-electron chi connectivity index (χ4n) is 5.37. The first-order valence-electron chi connectivity index (χ1n) is 8.65. The zero-order valence-corrected chi connectivity index (χ0v) is 15.8. The molecule has 0 aromatic heterocycles. The molecule has 0 amide bonds. The lowest BCUT2D eigenvalue weighted by Gasteiger charge is -2.51. The van der Waals surface area contributed by atoms with Crippen LogP contribution in [0.2, 0.25) is 0 Å². The van der Waals surface area contributed by atoms with E-state index < -0.39 is 0 Å². The van der Waals surface area contributed by atoms with Gasteiger partial charge >= 0.3 is 0 Å². The van der Waals surface area contributed by atoms with Gasteiger partial charge in [-0.2, -0.15) is 0 Å². The van der Waals surface area contributed by atoms with Gasteiger partial charge in [0.1, 0.15) is 5.54 Å². The van der Waals surface area contributed by atoms with Crippen molar-refractivity contribution in [2.75, 3.05) is 20.1 Å². The van der Waals surface area contributed by atoms with Crippen LogP contribution in [0.4, 0.5) is 0 Å². The Balaban J connectivity index is 0.00000147. The van der Waals surface area contributed by atoms with Gasteiger partial charge in [-0.05, 0) is 44.6 Å². The van der Waals surface area contributed by atoms with E-state index in [-0.39, 0.29) is 24.0 Å². The fourth-order valence-corrected chi connectivity index (χ4v) is 5.37. The third-order valence-electron chi connectivity index (χ3n) is 6.64. The van der Waals surface area contributed by atoms with Crippen molar-refractivity contribution >= 4 is 0 Å². The van der Waals surface area contributed by atoms with Gasteiger partial charge in [0.15, 0.2) is 0 Å². The van der Waals surface area contributed by atoms with Crippen molar-refractivity contribution in [2.24, 2.45) is 5.92 Å². The number of nitrogens with zero attached hydrogens (tertiary/aromatic N) is 1. The van der Waals surface area contributed by atoms with Gasteiger partial charge in [-0.15, -0.1) is 0 Å². The Kier molecular flexibility index (Phi) is 5.27. The Morgan fingerprint density at radius 3 is 2.70 bits per heavy atom. The van der Waals surface area contributed by atoms with Crippen molar-refractivity contribution in [3.8, 4) is 0 Å². The van der Waals surface area contributed by atoms with Gasteiger partial charge in [0.25, 0.3) is 0 Å².